The Hall–Kier alpha value is -4.84. The summed E-state index contributed by atoms with van der Waals surface area (Å²) >= 11 is 0. The fourth-order valence-corrected chi connectivity index (χ4v) is 4.43. The molecular formula is C28H22F2N4O3. The Morgan fingerprint density at radius 2 is 1.84 bits per heavy atom. The Kier molecular flexibility index (Phi) is 6.24. The molecule has 37 heavy (non-hydrogen) atoms. The maximum Gasteiger partial charge on any atom is 0.229 e. The molecule has 1 atom stereocenters. The average molecular weight is 501 g/mol. The van der Waals surface area contributed by atoms with Gasteiger partial charge in [0.25, 0.3) is 0 Å². The normalized spacial score (nSPS) is 14.5. The Labute approximate surface area is 211 Å². The fourth-order valence-electron chi connectivity index (χ4n) is 4.43. The van der Waals surface area contributed by atoms with E-state index >= 15 is 0 Å². The summed E-state index contributed by atoms with van der Waals surface area (Å²) in [5.74, 6) is -1.25. The molecule has 0 aliphatic carbocycles. The Balaban J connectivity index is 1.58. The lowest BCUT2D eigenvalue weighted by molar-refractivity contribution is 0.281. The number of aryl methyl sites for hydroxylation is 1. The summed E-state index contributed by atoms with van der Waals surface area (Å²) in [6.07, 6.45) is 0. The van der Waals surface area contributed by atoms with E-state index in [9.17, 15) is 14.0 Å². The number of ether oxygens (including phenoxy) is 3. The molecule has 9 heteroatoms. The van der Waals surface area contributed by atoms with E-state index in [2.05, 4.69) is 11.2 Å². The van der Waals surface area contributed by atoms with Crippen LogP contribution in [0.2, 0.25) is 0 Å². The van der Waals surface area contributed by atoms with E-state index in [4.69, 9.17) is 19.9 Å². The molecule has 0 spiro atoms. The van der Waals surface area contributed by atoms with Crippen LogP contribution in [0.4, 0.5) is 8.78 Å². The van der Waals surface area contributed by atoms with Crippen molar-refractivity contribution >= 4 is 0 Å². The van der Waals surface area contributed by atoms with E-state index in [0.717, 1.165) is 23.4 Å². The maximum atomic E-state index is 14.1. The van der Waals surface area contributed by atoms with Crippen molar-refractivity contribution in [3.05, 3.63) is 112 Å². The molecule has 5 rings (SSSR count). The molecule has 7 nitrogen and oxygen atoms in total. The van der Waals surface area contributed by atoms with Gasteiger partial charge in [-0.1, -0.05) is 24.3 Å². The van der Waals surface area contributed by atoms with E-state index in [1.807, 2.05) is 49.4 Å². The summed E-state index contributed by atoms with van der Waals surface area (Å²) in [7, 11) is 1.51. The SMILES string of the molecule is COc1ccc([C@@H]2C(C#N)=C(N)Oc3c2c(C)nn3-c2ccccc2)cc1COc1ccc(F)cc1F. The molecule has 0 saturated heterocycles. The van der Waals surface area contributed by atoms with E-state index in [-0.39, 0.29) is 23.8 Å². The first-order valence-electron chi connectivity index (χ1n) is 11.4. The van der Waals surface area contributed by atoms with Crippen molar-refractivity contribution < 1.29 is 23.0 Å². The maximum absolute atomic E-state index is 14.1. The van der Waals surface area contributed by atoms with E-state index in [1.54, 1.807) is 10.7 Å². The van der Waals surface area contributed by atoms with Gasteiger partial charge in [-0.15, -0.1) is 0 Å². The number of aromatic nitrogens is 2. The first-order valence-corrected chi connectivity index (χ1v) is 11.4. The van der Waals surface area contributed by atoms with Crippen LogP contribution in [0.15, 0.2) is 78.2 Å². The first-order chi connectivity index (χ1) is 17.9. The molecule has 1 aliphatic heterocycles. The third-order valence-corrected chi connectivity index (χ3v) is 6.15. The predicted octanol–water partition coefficient (Wildman–Crippen LogP) is 5.26. The average Bonchev–Trinajstić information content (AvgIpc) is 3.23. The summed E-state index contributed by atoms with van der Waals surface area (Å²) in [4.78, 5) is 0. The molecule has 0 bridgehead atoms. The zero-order valence-electron chi connectivity index (χ0n) is 20.0. The lowest BCUT2D eigenvalue weighted by atomic mass is 9.83. The van der Waals surface area contributed by atoms with Crippen LogP contribution in [-0.4, -0.2) is 16.9 Å². The molecule has 4 aromatic rings. The smallest absolute Gasteiger partial charge is 0.229 e. The van der Waals surface area contributed by atoms with Crippen LogP contribution in [0.1, 0.15) is 28.3 Å². The number of fused-ring (bicyclic) bond motifs is 1. The summed E-state index contributed by atoms with van der Waals surface area (Å²) in [6.45, 7) is 1.79. The minimum absolute atomic E-state index is 0.0147. The Morgan fingerprint density at radius 3 is 2.54 bits per heavy atom. The van der Waals surface area contributed by atoms with Crippen LogP contribution in [0.25, 0.3) is 5.69 Å². The number of rotatable bonds is 6. The molecule has 0 radical (unpaired) electrons. The largest absolute Gasteiger partial charge is 0.496 e. The molecule has 0 fully saturated rings. The number of nitrogens with two attached hydrogens (primary N) is 1. The van der Waals surface area contributed by atoms with Gasteiger partial charge in [0.2, 0.25) is 11.8 Å². The van der Waals surface area contributed by atoms with Crippen LogP contribution in [0.3, 0.4) is 0 Å². The van der Waals surface area contributed by atoms with E-state index in [1.165, 1.54) is 13.2 Å². The molecule has 0 saturated carbocycles. The van der Waals surface area contributed by atoms with E-state index < -0.39 is 17.6 Å². The summed E-state index contributed by atoms with van der Waals surface area (Å²) in [6, 6.07) is 20.1. The van der Waals surface area contributed by atoms with Crippen LogP contribution in [-0.2, 0) is 6.61 Å². The number of methoxy groups -OCH3 is 1. The van der Waals surface area contributed by atoms with Crippen molar-refractivity contribution in [3.63, 3.8) is 0 Å². The van der Waals surface area contributed by atoms with Gasteiger partial charge in [0.1, 0.15) is 29.8 Å². The highest BCUT2D eigenvalue weighted by molar-refractivity contribution is 5.58. The Morgan fingerprint density at radius 1 is 1.08 bits per heavy atom. The van der Waals surface area contributed by atoms with Crippen molar-refractivity contribution in [3.8, 4) is 29.1 Å². The number of nitrogens with zero attached hydrogens (tertiary/aromatic N) is 3. The highest BCUT2D eigenvalue weighted by Gasteiger charge is 2.36. The van der Waals surface area contributed by atoms with Gasteiger partial charge in [0, 0.05) is 11.6 Å². The van der Waals surface area contributed by atoms with Gasteiger partial charge in [-0.25, -0.2) is 13.5 Å². The molecule has 0 amide bonds. The molecule has 1 aromatic heterocycles. The van der Waals surface area contributed by atoms with Crippen molar-refractivity contribution in [1.82, 2.24) is 9.78 Å². The van der Waals surface area contributed by atoms with Crippen molar-refractivity contribution in [2.24, 2.45) is 5.73 Å². The molecule has 2 N–H and O–H groups in total. The molecule has 1 aliphatic rings. The minimum atomic E-state index is -0.810. The number of benzene rings is 3. The number of para-hydroxylation sites is 1. The van der Waals surface area contributed by atoms with Crippen LogP contribution >= 0.6 is 0 Å². The fraction of sp³-hybridized carbons (Fsp3) is 0.143. The highest BCUT2D eigenvalue weighted by Crippen LogP contribution is 2.45. The van der Waals surface area contributed by atoms with Gasteiger partial charge in [0.05, 0.1) is 30.0 Å². The van der Waals surface area contributed by atoms with Gasteiger partial charge in [-0.2, -0.15) is 10.4 Å². The number of halogens is 2. The molecule has 186 valence electrons. The second-order valence-corrected chi connectivity index (χ2v) is 8.41. The summed E-state index contributed by atoms with van der Waals surface area (Å²) < 4.78 is 46.1. The molecular weight excluding hydrogens is 478 g/mol. The number of nitriles is 1. The van der Waals surface area contributed by atoms with Gasteiger partial charge < -0.3 is 19.9 Å². The summed E-state index contributed by atoms with van der Waals surface area (Å²) in [5.41, 5.74) is 9.94. The molecule has 0 unspecified atom stereocenters. The van der Waals surface area contributed by atoms with Gasteiger partial charge in [-0.3, -0.25) is 0 Å². The minimum Gasteiger partial charge on any atom is -0.496 e. The lowest BCUT2D eigenvalue weighted by Gasteiger charge is -2.25. The van der Waals surface area contributed by atoms with Crippen LogP contribution < -0.4 is 19.9 Å². The first kappa shape index (κ1) is 23.9. The second kappa shape index (κ2) is 9.66. The number of allylic oxidation sites excluding steroid dienone is 1. The third kappa shape index (κ3) is 4.34. The van der Waals surface area contributed by atoms with Crippen LogP contribution in [0.5, 0.6) is 17.4 Å². The van der Waals surface area contributed by atoms with Gasteiger partial charge in [0.15, 0.2) is 11.6 Å². The van der Waals surface area contributed by atoms with Gasteiger partial charge >= 0.3 is 0 Å². The molecule has 3 aromatic carbocycles. The zero-order chi connectivity index (χ0) is 26.1. The molecule has 2 heterocycles. The monoisotopic (exact) mass is 500 g/mol. The van der Waals surface area contributed by atoms with Crippen molar-refractivity contribution in [1.29, 1.82) is 5.26 Å². The number of hydrogen-bond acceptors (Lipinski definition) is 6. The standard InChI is InChI=1S/C28H22F2N4O3/c1-16-25-26(21(14-31)27(32)37-28(25)34(33-16)20-6-4-3-5-7-20)17-8-10-23(35-2)18(12-17)15-36-24-11-9-19(29)13-22(24)30/h3-13,26H,15,32H2,1-2H3/t26-/m1/s1. The summed E-state index contributed by atoms with van der Waals surface area (Å²) in [5, 5.41) is 14.7. The van der Waals surface area contributed by atoms with Crippen molar-refractivity contribution in [2.45, 2.75) is 19.4 Å². The van der Waals surface area contributed by atoms with E-state index in [0.29, 0.717) is 28.5 Å². The highest BCUT2D eigenvalue weighted by atomic mass is 19.1. The van der Waals surface area contributed by atoms with Gasteiger partial charge in [-0.05, 0) is 48.9 Å². The van der Waals surface area contributed by atoms with Crippen molar-refractivity contribution in [2.75, 3.05) is 7.11 Å². The zero-order valence-corrected chi connectivity index (χ0v) is 20.0. The predicted molar refractivity (Wildman–Crippen MR) is 131 cm³/mol. The Bertz CT molecular complexity index is 1560. The van der Waals surface area contributed by atoms with Crippen LogP contribution in [0, 0.1) is 29.9 Å². The quantitative estimate of drug-likeness (QED) is 0.388. The lowest BCUT2D eigenvalue weighted by Crippen LogP contribution is -2.22. The third-order valence-electron chi connectivity index (χ3n) is 6.15. The second-order valence-electron chi connectivity index (χ2n) is 8.41. The topological polar surface area (TPSA) is 95.3 Å². The number of hydrogen-bond donors (Lipinski definition) is 1.